The van der Waals surface area contributed by atoms with Gasteiger partial charge in [0.1, 0.15) is 11.6 Å². The lowest BCUT2D eigenvalue weighted by Crippen LogP contribution is -2.45. The van der Waals surface area contributed by atoms with Crippen molar-refractivity contribution >= 4 is 11.7 Å². The molecule has 0 spiro atoms. The molecule has 1 saturated heterocycles. The molecule has 1 amide bonds. The third kappa shape index (κ3) is 5.14. The van der Waals surface area contributed by atoms with Crippen LogP contribution >= 0.6 is 0 Å². The first kappa shape index (κ1) is 19.6. The van der Waals surface area contributed by atoms with Crippen molar-refractivity contribution in [1.82, 2.24) is 14.9 Å². The van der Waals surface area contributed by atoms with Crippen LogP contribution in [0, 0.1) is 0 Å². The molecule has 2 rings (SSSR count). The third-order valence-corrected chi connectivity index (χ3v) is 4.28. The van der Waals surface area contributed by atoms with Crippen LogP contribution in [0.5, 0.6) is 0 Å². The number of anilines is 1. The highest BCUT2D eigenvalue weighted by atomic mass is 16.5. The fourth-order valence-corrected chi connectivity index (χ4v) is 2.55. The van der Waals surface area contributed by atoms with E-state index in [0.29, 0.717) is 32.8 Å². The van der Waals surface area contributed by atoms with Gasteiger partial charge in [0.2, 0.25) is 5.91 Å². The topological polar surface area (TPSA) is 58.6 Å². The Morgan fingerprint density at radius 2 is 1.72 bits per heavy atom. The SMILES string of the molecule is CN(CC(=O)N1CCOCC1)c1cc(C(C)(C)C)nc(C(C)(C)C)n1. The van der Waals surface area contributed by atoms with Crippen LogP contribution in [0.4, 0.5) is 5.82 Å². The van der Waals surface area contributed by atoms with Gasteiger partial charge in [0.05, 0.1) is 25.5 Å². The van der Waals surface area contributed by atoms with Crippen LogP contribution < -0.4 is 4.90 Å². The van der Waals surface area contributed by atoms with Crippen molar-refractivity contribution in [3.05, 3.63) is 17.6 Å². The summed E-state index contributed by atoms with van der Waals surface area (Å²) in [6.07, 6.45) is 0. The molecule has 0 bridgehead atoms. The molecule has 0 atom stereocenters. The van der Waals surface area contributed by atoms with Crippen LogP contribution in [0.2, 0.25) is 0 Å². The molecule has 1 aromatic heterocycles. The monoisotopic (exact) mass is 348 g/mol. The third-order valence-electron chi connectivity index (χ3n) is 4.28. The van der Waals surface area contributed by atoms with Gasteiger partial charge in [-0.15, -0.1) is 0 Å². The number of carbonyl (C=O) groups excluding carboxylic acids is 1. The Bertz CT molecular complexity index is 579. The second kappa shape index (κ2) is 7.28. The number of aromatic nitrogens is 2. The second-order valence-corrected chi connectivity index (χ2v) is 8.78. The maximum atomic E-state index is 12.5. The number of rotatable bonds is 3. The van der Waals surface area contributed by atoms with Crippen molar-refractivity contribution in [2.75, 3.05) is 44.8 Å². The molecule has 0 aromatic carbocycles. The molecule has 0 saturated carbocycles. The summed E-state index contributed by atoms with van der Waals surface area (Å²) in [5.41, 5.74) is 0.769. The van der Waals surface area contributed by atoms with Crippen molar-refractivity contribution in [3.8, 4) is 0 Å². The van der Waals surface area contributed by atoms with Crippen LogP contribution in [0.3, 0.4) is 0 Å². The molecular formula is C19H32N4O2. The van der Waals surface area contributed by atoms with E-state index >= 15 is 0 Å². The first-order chi connectivity index (χ1) is 11.5. The zero-order valence-electron chi connectivity index (χ0n) is 16.7. The minimum atomic E-state index is -0.148. The number of nitrogens with zero attached hydrogens (tertiary/aromatic N) is 4. The summed E-state index contributed by atoms with van der Waals surface area (Å²) in [4.78, 5) is 25.8. The Balaban J connectivity index is 2.25. The van der Waals surface area contributed by atoms with Crippen molar-refractivity contribution in [2.45, 2.75) is 52.4 Å². The summed E-state index contributed by atoms with van der Waals surface area (Å²) in [6.45, 7) is 15.6. The van der Waals surface area contributed by atoms with E-state index in [9.17, 15) is 4.79 Å². The van der Waals surface area contributed by atoms with Crippen LogP contribution in [-0.2, 0) is 20.4 Å². The number of hydrogen-bond donors (Lipinski definition) is 0. The number of ether oxygens (including phenoxy) is 1. The van der Waals surface area contributed by atoms with E-state index in [1.807, 2.05) is 22.9 Å². The zero-order valence-corrected chi connectivity index (χ0v) is 16.7. The van der Waals surface area contributed by atoms with Crippen molar-refractivity contribution in [1.29, 1.82) is 0 Å². The van der Waals surface area contributed by atoms with E-state index in [1.165, 1.54) is 0 Å². The summed E-state index contributed by atoms with van der Waals surface area (Å²) in [5, 5.41) is 0. The Morgan fingerprint density at radius 3 is 2.24 bits per heavy atom. The van der Waals surface area contributed by atoms with Crippen LogP contribution in [0.15, 0.2) is 6.07 Å². The van der Waals surface area contributed by atoms with E-state index in [4.69, 9.17) is 14.7 Å². The second-order valence-electron chi connectivity index (χ2n) is 8.78. The van der Waals surface area contributed by atoms with E-state index < -0.39 is 0 Å². The highest BCUT2D eigenvalue weighted by molar-refractivity contribution is 5.81. The Kier molecular flexibility index (Phi) is 5.72. The molecule has 1 aliphatic heterocycles. The Hall–Kier alpha value is -1.69. The maximum absolute atomic E-state index is 12.5. The summed E-state index contributed by atoms with van der Waals surface area (Å²) < 4.78 is 5.32. The first-order valence-corrected chi connectivity index (χ1v) is 8.95. The quantitative estimate of drug-likeness (QED) is 0.839. The number of likely N-dealkylation sites (N-methyl/N-ethyl adjacent to an activating group) is 1. The average molecular weight is 348 g/mol. The molecule has 140 valence electrons. The molecule has 0 radical (unpaired) electrons. The van der Waals surface area contributed by atoms with Gasteiger partial charge < -0.3 is 14.5 Å². The molecule has 0 unspecified atom stereocenters. The summed E-state index contributed by atoms with van der Waals surface area (Å²) in [6, 6.07) is 2.00. The van der Waals surface area contributed by atoms with Crippen LogP contribution in [0.25, 0.3) is 0 Å². The van der Waals surface area contributed by atoms with E-state index in [2.05, 4.69) is 41.5 Å². The molecule has 6 heteroatoms. The summed E-state index contributed by atoms with van der Waals surface area (Å²) >= 11 is 0. The molecule has 6 nitrogen and oxygen atoms in total. The highest BCUT2D eigenvalue weighted by Crippen LogP contribution is 2.27. The fourth-order valence-electron chi connectivity index (χ4n) is 2.55. The molecule has 0 N–H and O–H groups in total. The fraction of sp³-hybridized carbons (Fsp3) is 0.737. The molecule has 1 aromatic rings. The zero-order chi connectivity index (χ0) is 18.8. The predicted molar refractivity (Wildman–Crippen MR) is 100 cm³/mol. The lowest BCUT2D eigenvalue weighted by Gasteiger charge is -2.30. The number of morpholine rings is 1. The Morgan fingerprint density at radius 1 is 1.12 bits per heavy atom. The molecular weight excluding hydrogens is 316 g/mol. The van der Waals surface area contributed by atoms with Gasteiger partial charge in [-0.05, 0) is 0 Å². The van der Waals surface area contributed by atoms with Gasteiger partial charge in [0, 0.05) is 37.0 Å². The number of carbonyl (C=O) groups is 1. The van der Waals surface area contributed by atoms with Crippen molar-refractivity contribution < 1.29 is 9.53 Å². The van der Waals surface area contributed by atoms with Gasteiger partial charge in [-0.1, -0.05) is 41.5 Å². The largest absolute Gasteiger partial charge is 0.378 e. The van der Waals surface area contributed by atoms with Gasteiger partial charge in [0.25, 0.3) is 0 Å². The highest BCUT2D eigenvalue weighted by Gasteiger charge is 2.25. The lowest BCUT2D eigenvalue weighted by molar-refractivity contribution is -0.133. The number of hydrogen-bond acceptors (Lipinski definition) is 5. The molecule has 1 aliphatic rings. The summed E-state index contributed by atoms with van der Waals surface area (Å²) in [5.74, 6) is 1.71. The van der Waals surface area contributed by atoms with Gasteiger partial charge in [-0.25, -0.2) is 9.97 Å². The standard InChI is InChI=1S/C19H32N4O2/c1-18(2,3)14-12-15(21-17(20-14)19(4,5)6)22(7)13-16(24)23-8-10-25-11-9-23/h12H,8-11,13H2,1-7H3. The van der Waals surface area contributed by atoms with E-state index in [-0.39, 0.29) is 16.7 Å². The van der Waals surface area contributed by atoms with Gasteiger partial charge in [0.15, 0.2) is 0 Å². The normalized spacial score (nSPS) is 16.0. The lowest BCUT2D eigenvalue weighted by atomic mass is 9.90. The van der Waals surface area contributed by atoms with E-state index in [1.54, 1.807) is 0 Å². The van der Waals surface area contributed by atoms with Crippen molar-refractivity contribution in [3.63, 3.8) is 0 Å². The first-order valence-electron chi connectivity index (χ1n) is 8.95. The van der Waals surface area contributed by atoms with Gasteiger partial charge in [-0.2, -0.15) is 0 Å². The maximum Gasteiger partial charge on any atom is 0.242 e. The van der Waals surface area contributed by atoms with Gasteiger partial charge in [-0.3, -0.25) is 4.79 Å². The van der Waals surface area contributed by atoms with Gasteiger partial charge >= 0.3 is 0 Å². The minimum absolute atomic E-state index is 0.0766. The number of amides is 1. The van der Waals surface area contributed by atoms with E-state index in [0.717, 1.165) is 17.3 Å². The average Bonchev–Trinajstić information content (AvgIpc) is 2.53. The Labute approximate surface area is 151 Å². The predicted octanol–water partition coefficient (Wildman–Crippen LogP) is 2.37. The smallest absolute Gasteiger partial charge is 0.242 e. The van der Waals surface area contributed by atoms with Crippen LogP contribution in [-0.4, -0.2) is 60.7 Å². The minimum Gasteiger partial charge on any atom is -0.378 e. The van der Waals surface area contributed by atoms with Crippen LogP contribution in [0.1, 0.15) is 53.1 Å². The summed E-state index contributed by atoms with van der Waals surface area (Å²) in [7, 11) is 1.92. The molecule has 2 heterocycles. The molecule has 1 fully saturated rings. The molecule has 0 aliphatic carbocycles. The molecule has 25 heavy (non-hydrogen) atoms. The van der Waals surface area contributed by atoms with Crippen molar-refractivity contribution in [2.24, 2.45) is 0 Å².